The van der Waals surface area contributed by atoms with E-state index >= 15 is 0 Å². The van der Waals surface area contributed by atoms with Crippen molar-refractivity contribution in [3.63, 3.8) is 0 Å². The van der Waals surface area contributed by atoms with Crippen LogP contribution in [0.5, 0.6) is 0 Å². The van der Waals surface area contributed by atoms with Gasteiger partial charge in [-0.25, -0.2) is 9.97 Å². The van der Waals surface area contributed by atoms with Gasteiger partial charge in [0.1, 0.15) is 0 Å². The van der Waals surface area contributed by atoms with Crippen LogP contribution >= 0.6 is 23.5 Å². The summed E-state index contributed by atoms with van der Waals surface area (Å²) in [5, 5.41) is 4.95. The number of thioether (sulfide) groups is 2. The molecular formula is C28H20N2S2. The zero-order valence-electron chi connectivity index (χ0n) is 17.4. The van der Waals surface area contributed by atoms with Gasteiger partial charge in [-0.15, -0.1) is 23.5 Å². The maximum Gasteiger partial charge on any atom is 0.0721 e. The van der Waals surface area contributed by atoms with E-state index < -0.39 is 0 Å². The third-order valence-corrected chi connectivity index (χ3v) is 8.18. The van der Waals surface area contributed by atoms with E-state index in [1.165, 1.54) is 31.3 Å². The van der Waals surface area contributed by atoms with Gasteiger partial charge >= 0.3 is 0 Å². The SMILES string of the molecule is c1ccc2c(SCCSc3c4ccccc4nc4ccccc34)c3ccccc3nc2c1. The van der Waals surface area contributed by atoms with Gasteiger partial charge in [0.05, 0.1) is 22.1 Å². The lowest BCUT2D eigenvalue weighted by atomic mass is 10.1. The number of pyridine rings is 2. The molecule has 0 amide bonds. The molecule has 0 bridgehead atoms. The third kappa shape index (κ3) is 3.50. The van der Waals surface area contributed by atoms with Gasteiger partial charge in [-0.1, -0.05) is 72.8 Å². The van der Waals surface area contributed by atoms with Gasteiger partial charge in [-0.05, 0) is 24.3 Å². The third-order valence-electron chi connectivity index (χ3n) is 5.65. The van der Waals surface area contributed by atoms with Crippen molar-refractivity contribution in [2.24, 2.45) is 0 Å². The van der Waals surface area contributed by atoms with Crippen LogP contribution in [0.15, 0.2) is 107 Å². The Labute approximate surface area is 195 Å². The van der Waals surface area contributed by atoms with Crippen LogP contribution in [0, 0.1) is 0 Å². The van der Waals surface area contributed by atoms with Crippen LogP contribution in [-0.2, 0) is 0 Å². The van der Waals surface area contributed by atoms with Crippen molar-refractivity contribution in [3.05, 3.63) is 97.1 Å². The average Bonchev–Trinajstić information content (AvgIpc) is 2.85. The number of hydrogen-bond donors (Lipinski definition) is 0. The lowest BCUT2D eigenvalue weighted by molar-refractivity contribution is 1.43. The van der Waals surface area contributed by atoms with Crippen LogP contribution in [0.25, 0.3) is 43.6 Å². The largest absolute Gasteiger partial charge is 0.248 e. The molecule has 6 aromatic rings. The van der Waals surface area contributed by atoms with Gasteiger partial charge in [0.15, 0.2) is 0 Å². The highest BCUT2D eigenvalue weighted by atomic mass is 32.2. The van der Waals surface area contributed by atoms with Gasteiger partial charge in [-0.2, -0.15) is 0 Å². The average molecular weight is 449 g/mol. The number of rotatable bonds is 5. The summed E-state index contributed by atoms with van der Waals surface area (Å²) < 4.78 is 0. The summed E-state index contributed by atoms with van der Waals surface area (Å²) in [7, 11) is 0. The van der Waals surface area contributed by atoms with Crippen LogP contribution in [0.2, 0.25) is 0 Å². The van der Waals surface area contributed by atoms with Crippen molar-refractivity contribution < 1.29 is 0 Å². The second-order valence-electron chi connectivity index (χ2n) is 7.65. The summed E-state index contributed by atoms with van der Waals surface area (Å²) in [4.78, 5) is 12.4. The second kappa shape index (κ2) is 8.45. The monoisotopic (exact) mass is 448 g/mol. The Balaban J connectivity index is 1.32. The van der Waals surface area contributed by atoms with E-state index in [1.807, 2.05) is 23.5 Å². The number of aromatic nitrogens is 2. The molecular weight excluding hydrogens is 428 g/mol. The molecule has 0 aliphatic heterocycles. The first-order chi connectivity index (χ1) is 15.9. The van der Waals surface area contributed by atoms with E-state index in [9.17, 15) is 0 Å². The first-order valence-electron chi connectivity index (χ1n) is 10.7. The smallest absolute Gasteiger partial charge is 0.0721 e. The van der Waals surface area contributed by atoms with E-state index in [0.717, 1.165) is 33.6 Å². The molecule has 32 heavy (non-hydrogen) atoms. The maximum atomic E-state index is 4.86. The van der Waals surface area contributed by atoms with E-state index in [-0.39, 0.29) is 0 Å². The molecule has 0 unspecified atom stereocenters. The molecule has 154 valence electrons. The molecule has 0 radical (unpaired) electrons. The topological polar surface area (TPSA) is 25.8 Å². The van der Waals surface area contributed by atoms with Gasteiger partial charge in [0.2, 0.25) is 0 Å². The fourth-order valence-corrected chi connectivity index (χ4v) is 6.59. The molecule has 4 aromatic carbocycles. The van der Waals surface area contributed by atoms with Crippen LogP contribution < -0.4 is 0 Å². The van der Waals surface area contributed by atoms with Gasteiger partial charge in [0, 0.05) is 42.8 Å². The Kier molecular flexibility index (Phi) is 5.18. The minimum Gasteiger partial charge on any atom is -0.248 e. The fraction of sp³-hybridized carbons (Fsp3) is 0.0714. The molecule has 4 heteroatoms. The van der Waals surface area contributed by atoms with Crippen LogP contribution in [0.4, 0.5) is 0 Å². The summed E-state index contributed by atoms with van der Waals surface area (Å²) in [5.74, 6) is 2.04. The molecule has 0 atom stereocenters. The van der Waals surface area contributed by atoms with Crippen LogP contribution in [0.3, 0.4) is 0 Å². The molecule has 0 aliphatic carbocycles. The molecule has 2 heterocycles. The van der Waals surface area contributed by atoms with Crippen molar-refractivity contribution in [3.8, 4) is 0 Å². The highest BCUT2D eigenvalue weighted by Gasteiger charge is 2.11. The predicted molar refractivity (Wildman–Crippen MR) is 140 cm³/mol. The maximum absolute atomic E-state index is 4.86. The van der Waals surface area contributed by atoms with Crippen molar-refractivity contribution in [1.82, 2.24) is 9.97 Å². The zero-order chi connectivity index (χ0) is 21.3. The lowest BCUT2D eigenvalue weighted by Gasteiger charge is -2.12. The second-order valence-corrected chi connectivity index (χ2v) is 9.86. The lowest BCUT2D eigenvalue weighted by Crippen LogP contribution is -1.91. The minimum atomic E-state index is 1.02. The number of fused-ring (bicyclic) bond motifs is 4. The van der Waals surface area contributed by atoms with Gasteiger partial charge in [-0.3, -0.25) is 0 Å². The highest BCUT2D eigenvalue weighted by molar-refractivity contribution is 8.03. The normalized spacial score (nSPS) is 11.6. The van der Waals surface area contributed by atoms with Crippen molar-refractivity contribution in [2.45, 2.75) is 9.79 Å². The van der Waals surface area contributed by atoms with Crippen molar-refractivity contribution >= 4 is 67.1 Å². The summed E-state index contributed by atoms with van der Waals surface area (Å²) in [5.41, 5.74) is 4.25. The van der Waals surface area contributed by atoms with E-state index in [4.69, 9.17) is 9.97 Å². The van der Waals surface area contributed by atoms with Crippen molar-refractivity contribution in [2.75, 3.05) is 11.5 Å². The standard InChI is InChI=1S/C28H20N2S2/c1-5-13-23-19(9-1)27(20-10-2-6-14-24(20)29-23)31-17-18-32-28-21-11-3-7-15-25(21)30-26-16-8-4-12-22(26)28/h1-16H,17-18H2. The van der Waals surface area contributed by atoms with Crippen LogP contribution in [-0.4, -0.2) is 21.5 Å². The quantitative estimate of drug-likeness (QED) is 0.152. The number of para-hydroxylation sites is 4. The molecule has 0 N–H and O–H groups in total. The number of nitrogens with zero attached hydrogens (tertiary/aromatic N) is 2. The van der Waals surface area contributed by atoms with Crippen LogP contribution in [0.1, 0.15) is 0 Å². The Hall–Kier alpha value is -3.08. The van der Waals surface area contributed by atoms with Gasteiger partial charge < -0.3 is 0 Å². The summed E-state index contributed by atoms with van der Waals surface area (Å²) in [6.07, 6.45) is 0. The molecule has 0 fully saturated rings. The molecule has 0 aliphatic rings. The summed E-state index contributed by atoms with van der Waals surface area (Å²) in [6, 6.07) is 33.9. The summed E-state index contributed by atoms with van der Waals surface area (Å²) >= 11 is 3.87. The zero-order valence-corrected chi connectivity index (χ0v) is 19.0. The molecule has 0 saturated heterocycles. The molecule has 6 rings (SSSR count). The Morgan fingerprint density at radius 3 is 1.00 bits per heavy atom. The first-order valence-corrected chi connectivity index (χ1v) is 12.7. The minimum absolute atomic E-state index is 1.02. The van der Waals surface area contributed by atoms with Gasteiger partial charge in [0.25, 0.3) is 0 Å². The van der Waals surface area contributed by atoms with E-state index in [2.05, 4.69) is 97.1 Å². The Bertz CT molecular complexity index is 1360. The predicted octanol–water partition coefficient (Wildman–Crippen LogP) is 7.97. The summed E-state index contributed by atoms with van der Waals surface area (Å²) in [6.45, 7) is 0. The molecule has 2 nitrogen and oxygen atoms in total. The number of benzene rings is 4. The fourth-order valence-electron chi connectivity index (χ4n) is 4.20. The van der Waals surface area contributed by atoms with Crippen molar-refractivity contribution in [1.29, 1.82) is 0 Å². The molecule has 0 saturated carbocycles. The highest BCUT2D eigenvalue weighted by Crippen LogP contribution is 2.37. The Morgan fingerprint density at radius 2 is 0.688 bits per heavy atom. The van der Waals surface area contributed by atoms with E-state index in [1.54, 1.807) is 0 Å². The molecule has 0 spiro atoms. The van der Waals surface area contributed by atoms with E-state index in [0.29, 0.717) is 0 Å². The Morgan fingerprint density at radius 1 is 0.406 bits per heavy atom. The number of hydrogen-bond acceptors (Lipinski definition) is 4. The first kappa shape index (κ1) is 19.6. The molecule has 2 aromatic heterocycles.